The molecule has 1 rings (SSSR count). The van der Waals surface area contributed by atoms with E-state index in [0.29, 0.717) is 11.0 Å². The topological polar surface area (TPSA) is 81.9 Å². The Hall–Kier alpha value is -1.21. The molecule has 0 heterocycles. The summed E-state index contributed by atoms with van der Waals surface area (Å²) in [6.45, 7) is 0.526. The number of thioether (sulfide) groups is 1. The Labute approximate surface area is 124 Å². The van der Waals surface area contributed by atoms with Crippen LogP contribution in [0.25, 0.3) is 0 Å². The van der Waals surface area contributed by atoms with Crippen LogP contribution in [0.5, 0.6) is 5.75 Å². The fourth-order valence-corrected chi connectivity index (χ4v) is 2.12. The van der Waals surface area contributed by atoms with E-state index >= 15 is 0 Å². The number of phenols is 1. The van der Waals surface area contributed by atoms with Gasteiger partial charge in [0, 0.05) is 18.7 Å². The van der Waals surface area contributed by atoms with E-state index in [4.69, 9.17) is 5.21 Å². The number of carbonyl (C=O) groups is 1. The molecule has 1 aromatic rings. The van der Waals surface area contributed by atoms with Crippen molar-refractivity contribution in [3.63, 3.8) is 0 Å². The Morgan fingerprint density at radius 3 is 2.84 bits per heavy atom. The van der Waals surface area contributed by atoms with Gasteiger partial charge in [-0.15, -0.1) is 0 Å². The molecule has 0 spiro atoms. The molecule has 0 aliphatic heterocycles. The monoisotopic (exact) mass is 346 g/mol. The quantitative estimate of drug-likeness (QED) is 0.318. The van der Waals surface area contributed by atoms with Crippen LogP contribution in [0.15, 0.2) is 27.8 Å². The van der Waals surface area contributed by atoms with Crippen LogP contribution in [-0.2, 0) is 11.2 Å². The molecule has 19 heavy (non-hydrogen) atoms. The largest absolute Gasteiger partial charge is 0.507 e. The third kappa shape index (κ3) is 5.12. The van der Waals surface area contributed by atoms with Crippen molar-refractivity contribution in [1.82, 2.24) is 5.32 Å². The number of benzene rings is 1. The summed E-state index contributed by atoms with van der Waals surface area (Å²) in [6.07, 6.45) is 2.14. The van der Waals surface area contributed by atoms with E-state index in [0.717, 1.165) is 11.3 Å². The first-order valence-electron chi connectivity index (χ1n) is 5.54. The predicted octanol–water partition coefficient (Wildman–Crippen LogP) is 2.01. The first kappa shape index (κ1) is 15.8. The van der Waals surface area contributed by atoms with E-state index in [1.165, 1.54) is 6.07 Å². The van der Waals surface area contributed by atoms with Gasteiger partial charge in [0.05, 0.1) is 4.47 Å². The van der Waals surface area contributed by atoms with Gasteiger partial charge >= 0.3 is 0 Å². The van der Waals surface area contributed by atoms with Crippen LogP contribution in [0.4, 0.5) is 0 Å². The third-order valence-electron chi connectivity index (χ3n) is 2.36. The highest BCUT2D eigenvalue weighted by Crippen LogP contribution is 2.24. The number of nitrogens with one attached hydrogen (secondary N) is 1. The Morgan fingerprint density at radius 1 is 1.53 bits per heavy atom. The first-order chi connectivity index (χ1) is 9.08. The molecule has 5 nitrogen and oxygen atoms in total. The number of aromatic hydroxyl groups is 1. The second kappa shape index (κ2) is 8.06. The molecule has 0 saturated carbocycles. The summed E-state index contributed by atoms with van der Waals surface area (Å²) in [5, 5.41) is 24.0. The van der Waals surface area contributed by atoms with E-state index < -0.39 is 0 Å². The fraction of sp³-hybridized carbons (Fsp3) is 0.333. The zero-order valence-corrected chi connectivity index (χ0v) is 12.8. The van der Waals surface area contributed by atoms with Gasteiger partial charge in [0.25, 0.3) is 5.91 Å². The molecule has 0 atom stereocenters. The zero-order valence-electron chi connectivity index (χ0n) is 10.4. The molecule has 0 aliphatic carbocycles. The lowest BCUT2D eigenvalue weighted by molar-refractivity contribution is -0.114. The van der Waals surface area contributed by atoms with Gasteiger partial charge in [-0.05, 0) is 39.9 Å². The van der Waals surface area contributed by atoms with Crippen molar-refractivity contribution >= 4 is 39.3 Å². The van der Waals surface area contributed by atoms with Crippen LogP contribution in [-0.4, -0.2) is 40.5 Å². The second-order valence-electron chi connectivity index (χ2n) is 3.76. The van der Waals surface area contributed by atoms with Crippen molar-refractivity contribution < 1.29 is 15.1 Å². The summed E-state index contributed by atoms with van der Waals surface area (Å²) in [7, 11) is 0. The lowest BCUT2D eigenvalue weighted by Crippen LogP contribution is -2.33. The fourth-order valence-electron chi connectivity index (χ4n) is 1.38. The number of hydrogen-bond donors (Lipinski definition) is 3. The maximum Gasteiger partial charge on any atom is 0.269 e. The number of phenolic OH excluding ortho intramolecular Hbond substituents is 1. The van der Waals surface area contributed by atoms with E-state index in [9.17, 15) is 9.90 Å². The number of carbonyl (C=O) groups excluding carboxylic acids is 1. The number of nitrogens with zero attached hydrogens (tertiary/aromatic N) is 1. The Balaban J connectivity index is 2.66. The third-order valence-corrected chi connectivity index (χ3v) is 3.61. The summed E-state index contributed by atoms with van der Waals surface area (Å²) >= 11 is 4.81. The van der Waals surface area contributed by atoms with E-state index in [1.54, 1.807) is 23.9 Å². The van der Waals surface area contributed by atoms with E-state index in [-0.39, 0.29) is 23.8 Å². The van der Waals surface area contributed by atoms with Crippen LogP contribution < -0.4 is 5.32 Å². The maximum atomic E-state index is 11.7. The molecule has 104 valence electrons. The smallest absolute Gasteiger partial charge is 0.269 e. The van der Waals surface area contributed by atoms with Crippen molar-refractivity contribution in [1.29, 1.82) is 0 Å². The highest BCUT2D eigenvalue weighted by Gasteiger charge is 2.13. The lowest BCUT2D eigenvalue weighted by Gasteiger charge is -2.07. The van der Waals surface area contributed by atoms with Crippen LogP contribution in [0, 0.1) is 0 Å². The average Bonchev–Trinajstić information content (AvgIpc) is 2.40. The molecule has 0 radical (unpaired) electrons. The van der Waals surface area contributed by atoms with Crippen molar-refractivity contribution in [2.24, 2.45) is 5.16 Å². The van der Waals surface area contributed by atoms with Gasteiger partial charge in [-0.3, -0.25) is 4.79 Å². The molecular formula is C12H15BrN2O3S. The standard InChI is InChI=1S/C12H15BrN2O3S/c1-19-5-4-14-12(17)10(15-18)7-8-2-3-11(16)9(13)6-8/h2-3,6,16,18H,4-5,7H2,1H3,(H,14,17)/b15-10-. The van der Waals surface area contributed by atoms with E-state index in [2.05, 4.69) is 26.4 Å². The van der Waals surface area contributed by atoms with Gasteiger partial charge in [-0.25, -0.2) is 0 Å². The normalized spacial score (nSPS) is 11.4. The summed E-state index contributed by atoms with van der Waals surface area (Å²) in [5.41, 5.74) is 0.802. The number of hydrogen-bond acceptors (Lipinski definition) is 5. The minimum Gasteiger partial charge on any atom is -0.507 e. The number of oxime groups is 1. The molecule has 0 bridgehead atoms. The van der Waals surface area contributed by atoms with Gasteiger partial charge < -0.3 is 15.6 Å². The average molecular weight is 347 g/mol. The Bertz CT molecular complexity index is 480. The minimum absolute atomic E-state index is 0.0405. The molecule has 1 aromatic carbocycles. The highest BCUT2D eigenvalue weighted by molar-refractivity contribution is 9.10. The van der Waals surface area contributed by atoms with Crippen molar-refractivity contribution in [3.8, 4) is 5.75 Å². The van der Waals surface area contributed by atoms with Crippen molar-refractivity contribution in [3.05, 3.63) is 28.2 Å². The predicted molar refractivity (Wildman–Crippen MR) is 80.1 cm³/mol. The minimum atomic E-state index is -0.388. The second-order valence-corrected chi connectivity index (χ2v) is 5.60. The van der Waals surface area contributed by atoms with Crippen LogP contribution in [0.1, 0.15) is 5.56 Å². The first-order valence-corrected chi connectivity index (χ1v) is 7.72. The number of amides is 1. The lowest BCUT2D eigenvalue weighted by atomic mass is 10.1. The molecular weight excluding hydrogens is 332 g/mol. The van der Waals surface area contributed by atoms with Crippen LogP contribution in [0.2, 0.25) is 0 Å². The van der Waals surface area contributed by atoms with Crippen molar-refractivity contribution in [2.75, 3.05) is 18.6 Å². The van der Waals surface area contributed by atoms with Crippen molar-refractivity contribution in [2.45, 2.75) is 6.42 Å². The van der Waals surface area contributed by atoms with Crippen LogP contribution >= 0.6 is 27.7 Å². The molecule has 0 aliphatic rings. The molecule has 7 heteroatoms. The van der Waals surface area contributed by atoms with Gasteiger partial charge in [-0.1, -0.05) is 11.2 Å². The van der Waals surface area contributed by atoms with E-state index in [1.807, 2.05) is 6.26 Å². The summed E-state index contributed by atoms with van der Waals surface area (Å²) in [6, 6.07) is 4.86. The summed E-state index contributed by atoms with van der Waals surface area (Å²) in [4.78, 5) is 11.7. The van der Waals surface area contributed by atoms with Gasteiger partial charge in [-0.2, -0.15) is 11.8 Å². The Kier molecular flexibility index (Phi) is 6.72. The molecule has 0 aromatic heterocycles. The molecule has 1 amide bonds. The highest BCUT2D eigenvalue weighted by atomic mass is 79.9. The molecule has 0 saturated heterocycles. The molecule has 3 N–H and O–H groups in total. The van der Waals surface area contributed by atoms with Gasteiger partial charge in [0.15, 0.2) is 0 Å². The zero-order chi connectivity index (χ0) is 14.3. The van der Waals surface area contributed by atoms with Gasteiger partial charge in [0.1, 0.15) is 11.5 Å². The van der Waals surface area contributed by atoms with Gasteiger partial charge in [0.2, 0.25) is 0 Å². The number of rotatable bonds is 6. The summed E-state index contributed by atoms with van der Waals surface area (Å²) in [5.74, 6) is 0.534. The summed E-state index contributed by atoms with van der Waals surface area (Å²) < 4.78 is 0.532. The number of halogens is 1. The molecule has 0 fully saturated rings. The SMILES string of the molecule is CSCCNC(=O)/C(Cc1ccc(O)c(Br)c1)=N\O. The Morgan fingerprint density at radius 2 is 2.26 bits per heavy atom. The molecule has 0 unspecified atom stereocenters. The van der Waals surface area contributed by atoms with Crippen LogP contribution in [0.3, 0.4) is 0 Å². The maximum absolute atomic E-state index is 11.7.